The highest BCUT2D eigenvalue weighted by Crippen LogP contribution is 2.27. The SMILES string of the molecule is Cc1cc(N2CCN(S(=O)(=O)c3ccccc3[N+](=O)[O-])CC2)n2ncnc2n1. The third-order valence-corrected chi connectivity index (χ3v) is 6.55. The van der Waals surface area contributed by atoms with Gasteiger partial charge in [0.1, 0.15) is 12.1 Å². The summed E-state index contributed by atoms with van der Waals surface area (Å²) in [7, 11) is -3.97. The van der Waals surface area contributed by atoms with Gasteiger partial charge in [-0.2, -0.15) is 18.9 Å². The van der Waals surface area contributed by atoms with Gasteiger partial charge in [0.25, 0.3) is 11.5 Å². The van der Waals surface area contributed by atoms with Crippen molar-refractivity contribution in [3.63, 3.8) is 0 Å². The van der Waals surface area contributed by atoms with Crippen molar-refractivity contribution in [2.24, 2.45) is 0 Å². The number of nitrogens with zero attached hydrogens (tertiary/aromatic N) is 7. The molecule has 11 nitrogen and oxygen atoms in total. The molecule has 146 valence electrons. The van der Waals surface area contributed by atoms with Crippen LogP contribution in [0.25, 0.3) is 5.78 Å². The predicted molar refractivity (Wildman–Crippen MR) is 99.6 cm³/mol. The van der Waals surface area contributed by atoms with E-state index in [1.807, 2.05) is 17.9 Å². The van der Waals surface area contributed by atoms with Gasteiger partial charge in [0.2, 0.25) is 10.0 Å². The first-order valence-corrected chi connectivity index (χ1v) is 9.98. The summed E-state index contributed by atoms with van der Waals surface area (Å²) in [5.41, 5.74) is 0.365. The van der Waals surface area contributed by atoms with Crippen LogP contribution in [0.4, 0.5) is 11.5 Å². The molecule has 1 saturated heterocycles. The number of benzene rings is 1. The number of piperazine rings is 1. The van der Waals surface area contributed by atoms with Crippen molar-refractivity contribution in [2.45, 2.75) is 11.8 Å². The summed E-state index contributed by atoms with van der Waals surface area (Å²) < 4.78 is 28.8. The van der Waals surface area contributed by atoms with E-state index in [-0.39, 0.29) is 18.0 Å². The molecule has 12 heteroatoms. The van der Waals surface area contributed by atoms with Gasteiger partial charge < -0.3 is 4.90 Å². The Morgan fingerprint density at radius 2 is 1.86 bits per heavy atom. The van der Waals surface area contributed by atoms with Crippen LogP contribution in [-0.2, 0) is 10.0 Å². The van der Waals surface area contributed by atoms with Gasteiger partial charge in [0.15, 0.2) is 4.90 Å². The molecule has 3 aromatic rings. The van der Waals surface area contributed by atoms with Gasteiger partial charge in [0.05, 0.1) is 4.92 Å². The van der Waals surface area contributed by atoms with Crippen LogP contribution >= 0.6 is 0 Å². The van der Waals surface area contributed by atoms with E-state index in [1.165, 1.54) is 34.9 Å². The monoisotopic (exact) mass is 403 g/mol. The van der Waals surface area contributed by atoms with E-state index in [1.54, 1.807) is 4.52 Å². The third kappa shape index (κ3) is 3.05. The Morgan fingerprint density at radius 3 is 2.57 bits per heavy atom. The number of anilines is 1. The molecule has 0 unspecified atom stereocenters. The highest BCUT2D eigenvalue weighted by atomic mass is 32.2. The lowest BCUT2D eigenvalue weighted by molar-refractivity contribution is -0.387. The van der Waals surface area contributed by atoms with Gasteiger partial charge >= 0.3 is 0 Å². The Morgan fingerprint density at radius 1 is 1.14 bits per heavy atom. The first-order chi connectivity index (χ1) is 13.4. The molecule has 4 rings (SSSR count). The van der Waals surface area contributed by atoms with Crippen LogP contribution in [-0.4, -0.2) is 63.4 Å². The molecular formula is C16H17N7O4S. The highest BCUT2D eigenvalue weighted by molar-refractivity contribution is 7.89. The van der Waals surface area contributed by atoms with Crippen LogP contribution < -0.4 is 4.90 Å². The summed E-state index contributed by atoms with van der Waals surface area (Å²) in [6.45, 7) is 3.09. The maximum atomic E-state index is 12.9. The number of hydrogen-bond donors (Lipinski definition) is 0. The summed E-state index contributed by atoms with van der Waals surface area (Å²) in [5.74, 6) is 1.26. The third-order valence-electron chi connectivity index (χ3n) is 4.60. The Bertz CT molecular complexity index is 1150. The zero-order chi connectivity index (χ0) is 19.9. The second kappa shape index (κ2) is 6.80. The number of fused-ring (bicyclic) bond motifs is 1. The molecule has 0 atom stereocenters. The van der Waals surface area contributed by atoms with Crippen molar-refractivity contribution in [1.82, 2.24) is 23.9 Å². The summed E-state index contributed by atoms with van der Waals surface area (Å²) >= 11 is 0. The molecule has 2 aromatic heterocycles. The van der Waals surface area contributed by atoms with Crippen molar-refractivity contribution in [1.29, 1.82) is 0 Å². The zero-order valence-corrected chi connectivity index (χ0v) is 15.8. The van der Waals surface area contributed by atoms with Crippen LogP contribution in [0.3, 0.4) is 0 Å². The first kappa shape index (κ1) is 18.3. The lowest BCUT2D eigenvalue weighted by atomic mass is 10.3. The van der Waals surface area contributed by atoms with E-state index in [9.17, 15) is 18.5 Å². The molecule has 0 spiro atoms. The van der Waals surface area contributed by atoms with Gasteiger partial charge in [-0.3, -0.25) is 10.1 Å². The highest BCUT2D eigenvalue weighted by Gasteiger charge is 2.34. The lowest BCUT2D eigenvalue weighted by Crippen LogP contribution is -2.49. The molecular weight excluding hydrogens is 386 g/mol. The molecule has 0 aliphatic carbocycles. The van der Waals surface area contributed by atoms with E-state index in [4.69, 9.17) is 0 Å². The topological polar surface area (TPSA) is 127 Å². The molecule has 1 aliphatic heterocycles. The average Bonchev–Trinajstić information content (AvgIpc) is 3.15. The fourth-order valence-corrected chi connectivity index (χ4v) is 4.84. The molecule has 28 heavy (non-hydrogen) atoms. The van der Waals surface area contributed by atoms with Crippen molar-refractivity contribution >= 4 is 27.3 Å². The van der Waals surface area contributed by atoms with Crippen LogP contribution in [0.5, 0.6) is 0 Å². The first-order valence-electron chi connectivity index (χ1n) is 8.54. The standard InChI is InChI=1S/C16H17N7O4S/c1-12-10-15(22-16(19-12)17-11-18-22)20-6-8-21(9-7-20)28(26,27)14-5-3-2-4-13(14)23(24)25/h2-5,10-11H,6-9H2,1H3. The van der Waals surface area contributed by atoms with Gasteiger partial charge in [-0.05, 0) is 13.0 Å². The minimum Gasteiger partial charge on any atom is -0.354 e. The quantitative estimate of drug-likeness (QED) is 0.463. The number of nitro groups is 1. The number of hydrogen-bond acceptors (Lipinski definition) is 8. The summed E-state index contributed by atoms with van der Waals surface area (Å²) in [6, 6.07) is 7.27. The van der Waals surface area contributed by atoms with Crippen molar-refractivity contribution < 1.29 is 13.3 Å². The normalized spacial score (nSPS) is 15.8. The summed E-state index contributed by atoms with van der Waals surface area (Å²) in [6.07, 6.45) is 1.42. The number of sulfonamides is 1. The summed E-state index contributed by atoms with van der Waals surface area (Å²) in [5, 5.41) is 15.4. The smallest absolute Gasteiger partial charge is 0.289 e. The van der Waals surface area contributed by atoms with E-state index in [2.05, 4.69) is 15.1 Å². The molecule has 1 aromatic carbocycles. The molecule has 0 radical (unpaired) electrons. The van der Waals surface area contributed by atoms with E-state index in [0.717, 1.165) is 11.5 Å². The number of aryl methyl sites for hydroxylation is 1. The van der Waals surface area contributed by atoms with Gasteiger partial charge in [-0.25, -0.2) is 13.4 Å². The fourth-order valence-electron chi connectivity index (χ4n) is 3.26. The molecule has 3 heterocycles. The fraction of sp³-hybridized carbons (Fsp3) is 0.312. The number of aromatic nitrogens is 4. The molecule has 0 saturated carbocycles. The average molecular weight is 403 g/mol. The van der Waals surface area contributed by atoms with Crippen molar-refractivity contribution in [3.05, 3.63) is 52.5 Å². The lowest BCUT2D eigenvalue weighted by Gasteiger charge is -2.35. The molecule has 0 N–H and O–H groups in total. The minimum absolute atomic E-state index is 0.200. The maximum Gasteiger partial charge on any atom is 0.289 e. The molecule has 1 aliphatic rings. The maximum absolute atomic E-state index is 12.9. The molecule has 0 bridgehead atoms. The van der Waals surface area contributed by atoms with Crippen LogP contribution in [0.15, 0.2) is 41.6 Å². The van der Waals surface area contributed by atoms with Crippen LogP contribution in [0, 0.1) is 17.0 Å². The van der Waals surface area contributed by atoms with E-state index in [0.29, 0.717) is 18.9 Å². The van der Waals surface area contributed by atoms with Gasteiger partial charge in [-0.1, -0.05) is 12.1 Å². The summed E-state index contributed by atoms with van der Waals surface area (Å²) in [4.78, 5) is 20.7. The number of para-hydroxylation sites is 1. The predicted octanol–water partition coefficient (Wildman–Crippen LogP) is 0.852. The largest absolute Gasteiger partial charge is 0.354 e. The van der Waals surface area contributed by atoms with Gasteiger partial charge in [0, 0.05) is 44.0 Å². The van der Waals surface area contributed by atoms with Gasteiger partial charge in [-0.15, -0.1) is 0 Å². The van der Waals surface area contributed by atoms with Crippen LogP contribution in [0.2, 0.25) is 0 Å². The number of rotatable bonds is 4. The Balaban J connectivity index is 1.59. The van der Waals surface area contributed by atoms with E-state index < -0.39 is 20.6 Å². The Hall–Kier alpha value is -3.12. The van der Waals surface area contributed by atoms with Crippen LogP contribution in [0.1, 0.15) is 5.69 Å². The Kier molecular flexibility index (Phi) is 4.43. The minimum atomic E-state index is -3.97. The Labute approximate surface area is 160 Å². The second-order valence-corrected chi connectivity index (χ2v) is 8.25. The second-order valence-electron chi connectivity index (χ2n) is 6.34. The van der Waals surface area contributed by atoms with E-state index >= 15 is 0 Å². The molecule has 1 fully saturated rings. The number of nitro benzene ring substituents is 1. The van der Waals surface area contributed by atoms with Crippen molar-refractivity contribution in [2.75, 3.05) is 31.1 Å². The van der Waals surface area contributed by atoms with Crippen molar-refractivity contribution in [3.8, 4) is 0 Å². The molecule has 0 amide bonds. The zero-order valence-electron chi connectivity index (χ0n) is 15.0.